The molecule has 0 saturated carbocycles. The molecule has 0 atom stereocenters. The molecule has 1 heterocycles. The van der Waals surface area contributed by atoms with E-state index < -0.39 is 11.8 Å². The van der Waals surface area contributed by atoms with Crippen LogP contribution < -0.4 is 4.90 Å². The highest BCUT2D eigenvalue weighted by Crippen LogP contribution is 2.41. The fourth-order valence-electron chi connectivity index (χ4n) is 2.54. The van der Waals surface area contributed by atoms with Crippen LogP contribution in [0.4, 0.5) is 5.69 Å². The molecule has 1 aliphatic heterocycles. The number of hydrogen-bond donors (Lipinski definition) is 1. The van der Waals surface area contributed by atoms with E-state index in [2.05, 4.69) is 0 Å². The summed E-state index contributed by atoms with van der Waals surface area (Å²) in [5, 5.41) is 10.2. The summed E-state index contributed by atoms with van der Waals surface area (Å²) in [4.78, 5) is 27.3. The third-order valence-corrected chi connectivity index (χ3v) is 5.52. The maximum absolute atomic E-state index is 13.1. The van der Waals surface area contributed by atoms with Crippen LogP contribution in [0.25, 0.3) is 5.57 Å². The summed E-state index contributed by atoms with van der Waals surface area (Å²) in [7, 11) is 0. The van der Waals surface area contributed by atoms with Crippen molar-refractivity contribution in [2.45, 2.75) is 0 Å². The summed E-state index contributed by atoms with van der Waals surface area (Å²) >= 11 is 19.2. The zero-order valence-electron chi connectivity index (χ0n) is 13.2. The third-order valence-electron chi connectivity index (χ3n) is 3.66. The Balaban J connectivity index is 2.11. The third kappa shape index (κ3) is 3.63. The number of halogens is 3. The van der Waals surface area contributed by atoms with Gasteiger partial charge in [0, 0.05) is 15.8 Å². The SMILES string of the molecule is O=C1C(SCCO)=C(c2ccc(Cl)cc2)C(=O)N1c1cc(Cl)ccc1Cl. The predicted molar refractivity (Wildman–Crippen MR) is 107 cm³/mol. The molecule has 0 unspecified atom stereocenters. The topological polar surface area (TPSA) is 57.6 Å². The highest BCUT2D eigenvalue weighted by molar-refractivity contribution is 8.04. The van der Waals surface area contributed by atoms with Gasteiger partial charge < -0.3 is 5.11 Å². The lowest BCUT2D eigenvalue weighted by Gasteiger charge is -2.17. The van der Waals surface area contributed by atoms with Gasteiger partial charge in [0.15, 0.2) is 0 Å². The first-order valence-electron chi connectivity index (χ1n) is 7.51. The summed E-state index contributed by atoms with van der Waals surface area (Å²) in [6, 6.07) is 11.2. The van der Waals surface area contributed by atoms with Gasteiger partial charge in [0.05, 0.1) is 27.8 Å². The second-order valence-electron chi connectivity index (χ2n) is 5.32. The Morgan fingerprint density at radius 1 is 0.923 bits per heavy atom. The van der Waals surface area contributed by atoms with Crippen molar-refractivity contribution in [1.29, 1.82) is 0 Å². The molecular weight excluding hydrogens is 417 g/mol. The van der Waals surface area contributed by atoms with Crippen molar-refractivity contribution in [3.63, 3.8) is 0 Å². The monoisotopic (exact) mass is 427 g/mol. The minimum absolute atomic E-state index is 0.124. The number of hydrogen-bond acceptors (Lipinski definition) is 4. The molecule has 0 spiro atoms. The lowest BCUT2D eigenvalue weighted by atomic mass is 10.1. The minimum atomic E-state index is -0.498. The molecule has 2 aromatic rings. The van der Waals surface area contributed by atoms with E-state index in [4.69, 9.17) is 39.9 Å². The molecule has 0 saturated heterocycles. The number of rotatable bonds is 5. The van der Waals surface area contributed by atoms with Gasteiger partial charge in [0.25, 0.3) is 11.8 Å². The maximum Gasteiger partial charge on any atom is 0.272 e. The number of carbonyl (C=O) groups is 2. The highest BCUT2D eigenvalue weighted by atomic mass is 35.5. The molecule has 2 aromatic carbocycles. The molecule has 26 heavy (non-hydrogen) atoms. The Bertz CT molecular complexity index is 912. The lowest BCUT2D eigenvalue weighted by molar-refractivity contribution is -0.119. The Morgan fingerprint density at radius 3 is 2.23 bits per heavy atom. The van der Waals surface area contributed by atoms with Crippen LogP contribution in [0.2, 0.25) is 15.1 Å². The van der Waals surface area contributed by atoms with E-state index in [1.54, 1.807) is 30.3 Å². The largest absolute Gasteiger partial charge is 0.396 e. The van der Waals surface area contributed by atoms with E-state index >= 15 is 0 Å². The van der Waals surface area contributed by atoms with Gasteiger partial charge in [-0.05, 0) is 35.9 Å². The zero-order valence-corrected chi connectivity index (χ0v) is 16.3. The number of thioether (sulfide) groups is 1. The first kappa shape index (κ1) is 19.3. The van der Waals surface area contributed by atoms with Gasteiger partial charge in [-0.25, -0.2) is 4.90 Å². The standard InChI is InChI=1S/C18H12Cl3NO3S/c19-11-3-1-10(2-4-11)15-16(26-8-7-23)18(25)22(17(15)24)14-9-12(20)5-6-13(14)21/h1-6,9,23H,7-8H2. The Kier molecular flexibility index (Phi) is 5.95. The van der Waals surface area contributed by atoms with Crippen LogP contribution in [0, 0.1) is 0 Å². The van der Waals surface area contributed by atoms with Crippen molar-refractivity contribution >= 4 is 69.6 Å². The molecule has 0 fully saturated rings. The summed E-state index contributed by atoms with van der Waals surface area (Å²) in [5.74, 6) is -0.716. The predicted octanol–water partition coefficient (Wildman–Crippen LogP) is 4.66. The van der Waals surface area contributed by atoms with Gasteiger partial charge in [-0.1, -0.05) is 46.9 Å². The fourth-order valence-corrected chi connectivity index (χ4v) is 3.89. The van der Waals surface area contributed by atoms with Gasteiger partial charge >= 0.3 is 0 Å². The Morgan fingerprint density at radius 2 is 1.58 bits per heavy atom. The van der Waals surface area contributed by atoms with Gasteiger partial charge in [-0.2, -0.15) is 0 Å². The molecule has 1 aliphatic rings. The van der Waals surface area contributed by atoms with E-state index in [0.29, 0.717) is 15.6 Å². The molecule has 8 heteroatoms. The Hall–Kier alpha value is -1.50. The number of nitrogens with zero attached hydrogens (tertiary/aromatic N) is 1. The first-order chi connectivity index (χ1) is 12.4. The van der Waals surface area contributed by atoms with Crippen LogP contribution in [-0.4, -0.2) is 29.3 Å². The smallest absolute Gasteiger partial charge is 0.272 e. The maximum atomic E-state index is 13.1. The number of imide groups is 1. The average Bonchev–Trinajstić information content (AvgIpc) is 2.86. The summed E-state index contributed by atoms with van der Waals surface area (Å²) < 4.78 is 0. The van der Waals surface area contributed by atoms with E-state index in [-0.39, 0.29) is 33.5 Å². The van der Waals surface area contributed by atoms with Crippen LogP contribution in [0.1, 0.15) is 5.56 Å². The van der Waals surface area contributed by atoms with Crippen LogP contribution in [-0.2, 0) is 9.59 Å². The van der Waals surface area contributed by atoms with Crippen LogP contribution >= 0.6 is 46.6 Å². The quantitative estimate of drug-likeness (QED) is 0.704. The molecule has 3 rings (SSSR count). The van der Waals surface area contributed by atoms with Gasteiger partial charge in [0.2, 0.25) is 0 Å². The molecule has 4 nitrogen and oxygen atoms in total. The number of carbonyl (C=O) groups excluding carboxylic acids is 2. The number of aliphatic hydroxyl groups is 1. The second kappa shape index (κ2) is 8.03. The minimum Gasteiger partial charge on any atom is -0.396 e. The van der Waals surface area contributed by atoms with Crippen LogP contribution in [0.15, 0.2) is 47.4 Å². The molecule has 0 aliphatic carbocycles. The second-order valence-corrected chi connectivity index (χ2v) is 7.71. The normalized spacial score (nSPS) is 14.5. The van der Waals surface area contributed by atoms with Crippen molar-refractivity contribution in [3.8, 4) is 0 Å². The first-order valence-corrected chi connectivity index (χ1v) is 9.63. The van der Waals surface area contributed by atoms with Gasteiger partial charge in [-0.3, -0.25) is 9.59 Å². The van der Waals surface area contributed by atoms with Crippen molar-refractivity contribution in [2.24, 2.45) is 0 Å². The lowest BCUT2D eigenvalue weighted by Crippen LogP contribution is -2.31. The molecular formula is C18H12Cl3NO3S. The zero-order chi connectivity index (χ0) is 18.8. The molecule has 134 valence electrons. The average molecular weight is 429 g/mol. The molecule has 2 amide bonds. The van der Waals surface area contributed by atoms with E-state index in [0.717, 1.165) is 16.7 Å². The number of aliphatic hydroxyl groups excluding tert-OH is 1. The molecule has 1 N–H and O–H groups in total. The summed E-state index contributed by atoms with van der Waals surface area (Å²) in [6.07, 6.45) is 0. The van der Waals surface area contributed by atoms with Crippen LogP contribution in [0.5, 0.6) is 0 Å². The highest BCUT2D eigenvalue weighted by Gasteiger charge is 2.40. The number of benzene rings is 2. The van der Waals surface area contributed by atoms with Gasteiger partial charge in [0.1, 0.15) is 0 Å². The van der Waals surface area contributed by atoms with Crippen molar-refractivity contribution < 1.29 is 14.7 Å². The number of amides is 2. The molecule has 0 radical (unpaired) electrons. The van der Waals surface area contributed by atoms with E-state index in [9.17, 15) is 9.59 Å². The van der Waals surface area contributed by atoms with Crippen molar-refractivity contribution in [2.75, 3.05) is 17.3 Å². The van der Waals surface area contributed by atoms with Crippen molar-refractivity contribution in [3.05, 3.63) is 68.0 Å². The van der Waals surface area contributed by atoms with Gasteiger partial charge in [-0.15, -0.1) is 11.8 Å². The molecule has 0 bridgehead atoms. The summed E-state index contributed by atoms with van der Waals surface area (Å²) in [5.41, 5.74) is 1.04. The number of anilines is 1. The van der Waals surface area contributed by atoms with E-state index in [1.807, 2.05) is 0 Å². The van der Waals surface area contributed by atoms with Crippen molar-refractivity contribution in [1.82, 2.24) is 0 Å². The molecule has 0 aromatic heterocycles. The Labute approximate surface area is 169 Å². The van der Waals surface area contributed by atoms with E-state index in [1.165, 1.54) is 12.1 Å². The summed E-state index contributed by atoms with van der Waals surface area (Å²) in [6.45, 7) is -0.124. The fraction of sp³-hybridized carbons (Fsp3) is 0.111. The van der Waals surface area contributed by atoms with Crippen LogP contribution in [0.3, 0.4) is 0 Å².